The van der Waals surface area contributed by atoms with Crippen LogP contribution in [0.5, 0.6) is 0 Å². The van der Waals surface area contributed by atoms with E-state index in [1.807, 2.05) is 11.3 Å². The van der Waals surface area contributed by atoms with Crippen molar-refractivity contribution in [3.05, 3.63) is 21.9 Å². The Morgan fingerprint density at radius 1 is 1.50 bits per heavy atom. The summed E-state index contributed by atoms with van der Waals surface area (Å²) in [6, 6.07) is 4.47. The highest BCUT2D eigenvalue weighted by Gasteiger charge is 2.29. The van der Waals surface area contributed by atoms with Crippen molar-refractivity contribution in [2.75, 3.05) is 26.7 Å². The van der Waals surface area contributed by atoms with Crippen LogP contribution >= 0.6 is 11.3 Å². The normalized spacial score (nSPS) is 25.5. The summed E-state index contributed by atoms with van der Waals surface area (Å²) >= 11 is 1.92. The Morgan fingerprint density at radius 2 is 2.31 bits per heavy atom. The van der Waals surface area contributed by atoms with Gasteiger partial charge in [0.15, 0.2) is 0 Å². The summed E-state index contributed by atoms with van der Waals surface area (Å²) in [5, 5.41) is 3.46. The Labute approximate surface area is 103 Å². The number of nitrogens with zero attached hydrogens (tertiary/aromatic N) is 1. The van der Waals surface area contributed by atoms with Gasteiger partial charge in [0.05, 0.1) is 0 Å². The van der Waals surface area contributed by atoms with Crippen LogP contribution in [0.1, 0.15) is 23.1 Å². The maximum atomic E-state index is 3.46. The number of nitrogens with one attached hydrogen (secondary N) is 1. The Bertz CT molecular complexity index is 339. The van der Waals surface area contributed by atoms with Gasteiger partial charge in [-0.15, -0.1) is 11.3 Å². The van der Waals surface area contributed by atoms with Gasteiger partial charge in [-0.25, -0.2) is 0 Å². The number of rotatable bonds is 4. The molecule has 90 valence electrons. The second-order valence-electron chi connectivity index (χ2n) is 5.42. The first-order chi connectivity index (χ1) is 7.57. The molecule has 1 aromatic rings. The van der Waals surface area contributed by atoms with Crippen LogP contribution in [0.25, 0.3) is 0 Å². The third-order valence-electron chi connectivity index (χ3n) is 3.33. The van der Waals surface area contributed by atoms with Crippen molar-refractivity contribution in [2.24, 2.45) is 5.41 Å². The zero-order chi connectivity index (χ0) is 11.6. The highest BCUT2D eigenvalue weighted by atomic mass is 32.1. The molecule has 1 unspecified atom stereocenters. The van der Waals surface area contributed by atoms with E-state index >= 15 is 0 Å². The van der Waals surface area contributed by atoms with E-state index in [4.69, 9.17) is 0 Å². The molecule has 1 fully saturated rings. The van der Waals surface area contributed by atoms with Crippen LogP contribution in [0.4, 0.5) is 0 Å². The van der Waals surface area contributed by atoms with E-state index in [1.165, 1.54) is 35.8 Å². The van der Waals surface area contributed by atoms with Crippen molar-refractivity contribution in [3.63, 3.8) is 0 Å². The van der Waals surface area contributed by atoms with Crippen molar-refractivity contribution < 1.29 is 0 Å². The average Bonchev–Trinajstić information content (AvgIpc) is 2.75. The van der Waals surface area contributed by atoms with E-state index in [0.717, 1.165) is 6.54 Å². The van der Waals surface area contributed by atoms with Crippen molar-refractivity contribution >= 4 is 11.3 Å². The minimum atomic E-state index is 0.473. The van der Waals surface area contributed by atoms with Crippen LogP contribution in [0.15, 0.2) is 12.1 Å². The zero-order valence-electron chi connectivity index (χ0n) is 10.5. The Morgan fingerprint density at radius 3 is 2.88 bits per heavy atom. The number of thiophene rings is 1. The maximum Gasteiger partial charge on any atom is 0.0325 e. The third-order valence-corrected chi connectivity index (χ3v) is 4.32. The summed E-state index contributed by atoms with van der Waals surface area (Å²) in [5.41, 5.74) is 0.473. The predicted octanol–water partition coefficient (Wildman–Crippen LogP) is 2.49. The fourth-order valence-corrected chi connectivity index (χ4v) is 3.52. The molecule has 16 heavy (non-hydrogen) atoms. The van der Waals surface area contributed by atoms with Gasteiger partial charge in [0.1, 0.15) is 0 Å². The molecule has 0 radical (unpaired) electrons. The number of hydrogen-bond donors (Lipinski definition) is 1. The molecule has 0 aromatic carbocycles. The molecule has 0 bridgehead atoms. The third kappa shape index (κ3) is 3.06. The topological polar surface area (TPSA) is 15.3 Å². The first kappa shape index (κ1) is 12.1. The number of hydrogen-bond acceptors (Lipinski definition) is 3. The lowest BCUT2D eigenvalue weighted by molar-refractivity contribution is 0.204. The first-order valence-electron chi connectivity index (χ1n) is 6.02. The lowest BCUT2D eigenvalue weighted by atomic mass is 9.89. The molecule has 1 N–H and O–H groups in total. The molecule has 2 heterocycles. The first-order valence-corrected chi connectivity index (χ1v) is 6.84. The van der Waals surface area contributed by atoms with Gasteiger partial charge in [-0.05, 0) is 44.5 Å². The lowest BCUT2D eigenvalue weighted by Gasteiger charge is -2.28. The molecule has 0 spiro atoms. The molecule has 3 heteroatoms. The second-order valence-corrected chi connectivity index (χ2v) is 6.79. The molecule has 0 amide bonds. The monoisotopic (exact) mass is 238 g/mol. The van der Waals surface area contributed by atoms with Gasteiger partial charge in [-0.2, -0.15) is 0 Å². The Hall–Kier alpha value is -0.380. The summed E-state index contributed by atoms with van der Waals surface area (Å²) in [4.78, 5) is 5.35. The minimum Gasteiger partial charge on any atom is -0.316 e. The van der Waals surface area contributed by atoms with Crippen molar-refractivity contribution in [3.8, 4) is 0 Å². The van der Waals surface area contributed by atoms with Gasteiger partial charge in [-0.1, -0.05) is 6.92 Å². The quantitative estimate of drug-likeness (QED) is 0.867. The van der Waals surface area contributed by atoms with E-state index in [1.54, 1.807) is 0 Å². The SMILES string of the molecule is Cc1ccc(CN(C)CC2(C)CCNC2)s1. The lowest BCUT2D eigenvalue weighted by Crippen LogP contribution is -2.34. The number of aryl methyl sites for hydroxylation is 1. The van der Waals surface area contributed by atoms with Gasteiger partial charge < -0.3 is 10.2 Å². The van der Waals surface area contributed by atoms with Gasteiger partial charge in [0.2, 0.25) is 0 Å². The van der Waals surface area contributed by atoms with Crippen LogP contribution in [0.2, 0.25) is 0 Å². The van der Waals surface area contributed by atoms with Crippen LogP contribution in [0.3, 0.4) is 0 Å². The summed E-state index contributed by atoms with van der Waals surface area (Å²) < 4.78 is 0. The molecule has 1 aliphatic heterocycles. The van der Waals surface area contributed by atoms with Crippen LogP contribution in [-0.4, -0.2) is 31.6 Å². The molecule has 1 aromatic heterocycles. The van der Waals surface area contributed by atoms with Gasteiger partial charge >= 0.3 is 0 Å². The van der Waals surface area contributed by atoms with E-state index in [9.17, 15) is 0 Å². The van der Waals surface area contributed by atoms with Gasteiger partial charge in [0.25, 0.3) is 0 Å². The highest BCUT2D eigenvalue weighted by molar-refractivity contribution is 7.11. The summed E-state index contributed by atoms with van der Waals surface area (Å²) in [5.74, 6) is 0. The molecule has 1 aliphatic rings. The molecular weight excluding hydrogens is 216 g/mol. The van der Waals surface area contributed by atoms with E-state index in [0.29, 0.717) is 5.41 Å². The van der Waals surface area contributed by atoms with Crippen molar-refractivity contribution in [2.45, 2.75) is 26.8 Å². The highest BCUT2D eigenvalue weighted by Crippen LogP contribution is 2.26. The average molecular weight is 238 g/mol. The van der Waals surface area contributed by atoms with E-state index in [-0.39, 0.29) is 0 Å². The smallest absolute Gasteiger partial charge is 0.0325 e. The molecule has 1 saturated heterocycles. The zero-order valence-corrected chi connectivity index (χ0v) is 11.4. The Balaban J connectivity index is 1.86. The van der Waals surface area contributed by atoms with Crippen molar-refractivity contribution in [1.82, 2.24) is 10.2 Å². The minimum absolute atomic E-state index is 0.473. The van der Waals surface area contributed by atoms with Gasteiger partial charge in [-0.3, -0.25) is 0 Å². The van der Waals surface area contributed by atoms with Crippen LogP contribution in [0, 0.1) is 12.3 Å². The summed E-state index contributed by atoms with van der Waals surface area (Å²) in [7, 11) is 2.23. The maximum absolute atomic E-state index is 3.46. The fourth-order valence-electron chi connectivity index (χ4n) is 2.55. The predicted molar refractivity (Wildman–Crippen MR) is 71.0 cm³/mol. The Kier molecular flexibility index (Phi) is 3.67. The van der Waals surface area contributed by atoms with E-state index < -0.39 is 0 Å². The van der Waals surface area contributed by atoms with Gasteiger partial charge in [0, 0.05) is 29.4 Å². The molecule has 0 saturated carbocycles. The summed E-state index contributed by atoms with van der Waals surface area (Å²) in [6.07, 6.45) is 1.31. The summed E-state index contributed by atoms with van der Waals surface area (Å²) in [6.45, 7) is 9.20. The van der Waals surface area contributed by atoms with E-state index in [2.05, 4.69) is 43.2 Å². The molecular formula is C13H22N2S. The molecule has 2 nitrogen and oxygen atoms in total. The standard InChI is InChI=1S/C13H22N2S/c1-11-4-5-12(16-11)8-15(3)10-13(2)6-7-14-9-13/h4-5,14H,6-10H2,1-3H3. The fraction of sp³-hybridized carbons (Fsp3) is 0.692. The molecule has 0 aliphatic carbocycles. The van der Waals surface area contributed by atoms with Crippen LogP contribution in [-0.2, 0) is 6.54 Å². The van der Waals surface area contributed by atoms with Crippen molar-refractivity contribution in [1.29, 1.82) is 0 Å². The largest absolute Gasteiger partial charge is 0.316 e. The van der Waals surface area contributed by atoms with Crippen LogP contribution < -0.4 is 5.32 Å². The molecule has 2 rings (SSSR count). The second kappa shape index (κ2) is 4.86. The molecule has 1 atom stereocenters.